The molecule has 2 N–H and O–H groups in total. The van der Waals surface area contributed by atoms with Gasteiger partial charge in [0.05, 0.1) is 5.56 Å². The van der Waals surface area contributed by atoms with Crippen LogP contribution in [0.2, 0.25) is 0 Å². The Morgan fingerprint density at radius 3 is 2.36 bits per heavy atom. The molecule has 0 saturated heterocycles. The van der Waals surface area contributed by atoms with E-state index in [4.69, 9.17) is 9.84 Å². The van der Waals surface area contributed by atoms with Gasteiger partial charge < -0.3 is 15.2 Å². The highest BCUT2D eigenvalue weighted by atomic mass is 19.2. The number of carbonyl (C=O) groups excluding carboxylic acids is 2. The Morgan fingerprint density at radius 2 is 1.73 bits per heavy atom. The molecule has 2 rings (SSSR count). The van der Waals surface area contributed by atoms with Crippen LogP contribution in [0, 0.1) is 11.6 Å². The summed E-state index contributed by atoms with van der Waals surface area (Å²) in [5, 5.41) is 11.4. The van der Waals surface area contributed by atoms with Gasteiger partial charge in [-0.25, -0.2) is 13.6 Å². The number of esters is 1. The van der Waals surface area contributed by atoms with Gasteiger partial charge in [-0.05, 0) is 36.4 Å². The van der Waals surface area contributed by atoms with Crippen LogP contribution >= 0.6 is 0 Å². The SMILES string of the molecule is O=C(COC(=O)c1ccc(O)cc1)Nc1ccc(F)c(F)c1. The highest BCUT2D eigenvalue weighted by molar-refractivity contribution is 5.95. The number of hydrogen-bond acceptors (Lipinski definition) is 4. The van der Waals surface area contributed by atoms with Crippen molar-refractivity contribution in [2.75, 3.05) is 11.9 Å². The molecule has 0 aliphatic heterocycles. The highest BCUT2D eigenvalue weighted by Gasteiger charge is 2.11. The summed E-state index contributed by atoms with van der Waals surface area (Å²) in [6, 6.07) is 8.15. The Balaban J connectivity index is 1.88. The predicted molar refractivity (Wildman–Crippen MR) is 73.4 cm³/mol. The summed E-state index contributed by atoms with van der Waals surface area (Å²) in [6.07, 6.45) is 0. The van der Waals surface area contributed by atoms with Crippen molar-refractivity contribution in [3.05, 3.63) is 59.7 Å². The zero-order valence-corrected chi connectivity index (χ0v) is 11.2. The normalized spacial score (nSPS) is 10.1. The van der Waals surface area contributed by atoms with Gasteiger partial charge in [0.25, 0.3) is 5.91 Å². The van der Waals surface area contributed by atoms with E-state index in [0.29, 0.717) is 0 Å². The zero-order valence-electron chi connectivity index (χ0n) is 11.2. The minimum absolute atomic E-state index is 0.00682. The fraction of sp³-hybridized carbons (Fsp3) is 0.0667. The van der Waals surface area contributed by atoms with Gasteiger partial charge in [0.2, 0.25) is 0 Å². The van der Waals surface area contributed by atoms with E-state index in [-0.39, 0.29) is 17.0 Å². The summed E-state index contributed by atoms with van der Waals surface area (Å²) in [7, 11) is 0. The molecule has 114 valence electrons. The maximum absolute atomic E-state index is 13.0. The van der Waals surface area contributed by atoms with Gasteiger partial charge in [0, 0.05) is 11.8 Å². The van der Waals surface area contributed by atoms with Crippen LogP contribution in [-0.4, -0.2) is 23.6 Å². The van der Waals surface area contributed by atoms with E-state index in [2.05, 4.69) is 5.32 Å². The fourth-order valence-electron chi connectivity index (χ4n) is 1.58. The van der Waals surface area contributed by atoms with Crippen LogP contribution in [0.4, 0.5) is 14.5 Å². The molecule has 2 aromatic rings. The number of anilines is 1. The number of amides is 1. The zero-order chi connectivity index (χ0) is 16.1. The first-order valence-electron chi connectivity index (χ1n) is 6.17. The monoisotopic (exact) mass is 307 g/mol. The molecule has 0 aliphatic carbocycles. The van der Waals surface area contributed by atoms with Gasteiger partial charge in [-0.2, -0.15) is 0 Å². The van der Waals surface area contributed by atoms with Crippen molar-refractivity contribution >= 4 is 17.6 Å². The maximum atomic E-state index is 13.0. The van der Waals surface area contributed by atoms with E-state index in [1.165, 1.54) is 30.3 Å². The second-order valence-corrected chi connectivity index (χ2v) is 4.30. The molecule has 2 aromatic carbocycles. The molecule has 7 heteroatoms. The van der Waals surface area contributed by atoms with Gasteiger partial charge in [0.1, 0.15) is 5.75 Å². The van der Waals surface area contributed by atoms with Crippen molar-refractivity contribution < 1.29 is 28.2 Å². The van der Waals surface area contributed by atoms with E-state index in [1.54, 1.807) is 0 Å². The number of phenolic OH excluding ortho intramolecular Hbond substituents is 1. The average molecular weight is 307 g/mol. The molecule has 0 heterocycles. The lowest BCUT2D eigenvalue weighted by Crippen LogP contribution is -2.21. The van der Waals surface area contributed by atoms with Crippen molar-refractivity contribution in [3.8, 4) is 5.75 Å². The fourth-order valence-corrected chi connectivity index (χ4v) is 1.58. The van der Waals surface area contributed by atoms with Crippen molar-refractivity contribution in [1.82, 2.24) is 0 Å². The molecule has 22 heavy (non-hydrogen) atoms. The van der Waals surface area contributed by atoms with Crippen molar-refractivity contribution in [1.29, 1.82) is 0 Å². The lowest BCUT2D eigenvalue weighted by Gasteiger charge is -2.07. The Morgan fingerprint density at radius 1 is 1.05 bits per heavy atom. The van der Waals surface area contributed by atoms with Gasteiger partial charge in [0.15, 0.2) is 18.2 Å². The van der Waals surface area contributed by atoms with Gasteiger partial charge >= 0.3 is 5.97 Å². The molecule has 0 atom stereocenters. The minimum atomic E-state index is -1.10. The topological polar surface area (TPSA) is 75.6 Å². The van der Waals surface area contributed by atoms with Crippen LogP contribution in [0.3, 0.4) is 0 Å². The van der Waals surface area contributed by atoms with E-state index >= 15 is 0 Å². The number of carbonyl (C=O) groups is 2. The lowest BCUT2D eigenvalue weighted by atomic mass is 10.2. The smallest absolute Gasteiger partial charge is 0.338 e. The van der Waals surface area contributed by atoms with Gasteiger partial charge in [-0.15, -0.1) is 0 Å². The van der Waals surface area contributed by atoms with E-state index < -0.39 is 30.1 Å². The molecule has 0 aliphatic rings. The summed E-state index contributed by atoms with van der Waals surface area (Å²) in [5.41, 5.74) is 0.211. The second kappa shape index (κ2) is 6.66. The number of phenols is 1. The first-order valence-corrected chi connectivity index (χ1v) is 6.17. The number of benzene rings is 2. The lowest BCUT2D eigenvalue weighted by molar-refractivity contribution is -0.119. The number of halogens is 2. The van der Waals surface area contributed by atoms with Crippen LogP contribution in [0.1, 0.15) is 10.4 Å². The number of nitrogens with one attached hydrogen (secondary N) is 1. The Hall–Kier alpha value is -2.96. The largest absolute Gasteiger partial charge is 0.508 e. The molecule has 0 unspecified atom stereocenters. The molecular formula is C15H11F2NO4. The third kappa shape index (κ3) is 4.02. The van der Waals surface area contributed by atoms with E-state index in [0.717, 1.165) is 12.1 Å². The molecule has 5 nitrogen and oxygen atoms in total. The van der Waals surface area contributed by atoms with Crippen LogP contribution in [-0.2, 0) is 9.53 Å². The molecule has 0 fully saturated rings. The Labute approximate surface area is 124 Å². The van der Waals surface area contributed by atoms with Crippen molar-refractivity contribution in [3.63, 3.8) is 0 Å². The van der Waals surface area contributed by atoms with E-state index in [1.807, 2.05) is 0 Å². The van der Waals surface area contributed by atoms with E-state index in [9.17, 15) is 18.4 Å². The summed E-state index contributed by atoms with van der Waals surface area (Å²) in [5.74, 6) is -3.58. The standard InChI is InChI=1S/C15H11F2NO4/c16-12-6-3-10(7-13(12)17)18-14(20)8-22-15(21)9-1-4-11(19)5-2-9/h1-7,19H,8H2,(H,18,20). The number of aromatic hydroxyl groups is 1. The number of hydrogen-bond donors (Lipinski definition) is 2. The first kappa shape index (κ1) is 15.4. The van der Waals surface area contributed by atoms with Crippen molar-refractivity contribution in [2.24, 2.45) is 0 Å². The Kier molecular flexibility index (Phi) is 4.67. The minimum Gasteiger partial charge on any atom is -0.508 e. The van der Waals surface area contributed by atoms with Crippen LogP contribution in [0.5, 0.6) is 5.75 Å². The molecule has 0 saturated carbocycles. The quantitative estimate of drug-likeness (QED) is 0.851. The summed E-state index contributed by atoms with van der Waals surface area (Å²) in [4.78, 5) is 23.2. The molecule has 0 bridgehead atoms. The molecule has 0 radical (unpaired) electrons. The second-order valence-electron chi connectivity index (χ2n) is 4.30. The Bertz CT molecular complexity index is 701. The summed E-state index contributed by atoms with van der Waals surface area (Å²) >= 11 is 0. The molecule has 0 spiro atoms. The van der Waals surface area contributed by atoms with Crippen LogP contribution in [0.15, 0.2) is 42.5 Å². The molecule has 1 amide bonds. The highest BCUT2D eigenvalue weighted by Crippen LogP contribution is 2.13. The van der Waals surface area contributed by atoms with Gasteiger partial charge in [-0.1, -0.05) is 0 Å². The number of rotatable bonds is 4. The number of ether oxygens (including phenoxy) is 1. The average Bonchev–Trinajstić information content (AvgIpc) is 2.49. The summed E-state index contributed by atoms with van der Waals surface area (Å²) in [6.45, 7) is -0.585. The summed E-state index contributed by atoms with van der Waals surface area (Å²) < 4.78 is 30.5. The third-order valence-corrected chi connectivity index (χ3v) is 2.64. The van der Waals surface area contributed by atoms with Gasteiger partial charge in [-0.3, -0.25) is 4.79 Å². The molecular weight excluding hydrogens is 296 g/mol. The van der Waals surface area contributed by atoms with Crippen LogP contribution < -0.4 is 5.32 Å². The predicted octanol–water partition coefficient (Wildman–Crippen LogP) is 2.47. The maximum Gasteiger partial charge on any atom is 0.338 e. The third-order valence-electron chi connectivity index (χ3n) is 2.64. The molecule has 0 aromatic heterocycles. The van der Waals surface area contributed by atoms with Crippen LogP contribution in [0.25, 0.3) is 0 Å². The first-order chi connectivity index (χ1) is 10.5. The van der Waals surface area contributed by atoms with Crippen molar-refractivity contribution in [2.45, 2.75) is 0 Å².